The van der Waals surface area contributed by atoms with Gasteiger partial charge in [-0.3, -0.25) is 4.98 Å². The predicted octanol–water partition coefficient (Wildman–Crippen LogP) is 2.47. The van der Waals surface area contributed by atoms with E-state index in [4.69, 9.17) is 11.6 Å². The van der Waals surface area contributed by atoms with Crippen LogP contribution in [0.5, 0.6) is 0 Å². The number of rotatable bonds is 3. The molecular weight excluding hydrogens is 232 g/mol. The number of aliphatic hydroxyl groups excluding tert-OH is 1. The normalized spacial score (nSPS) is 12.7. The first-order chi connectivity index (χ1) is 7.25. The number of pyridine rings is 1. The van der Waals surface area contributed by atoms with Gasteiger partial charge in [-0.1, -0.05) is 17.7 Å². The van der Waals surface area contributed by atoms with Crippen LogP contribution in [0.4, 0.5) is 0 Å². The van der Waals surface area contributed by atoms with E-state index >= 15 is 0 Å². The highest BCUT2D eigenvalue weighted by atomic mass is 35.5. The Bertz CT molecular complexity index is 432. The second-order valence-corrected chi connectivity index (χ2v) is 4.74. The van der Waals surface area contributed by atoms with Crippen molar-refractivity contribution in [3.05, 3.63) is 45.6 Å². The summed E-state index contributed by atoms with van der Waals surface area (Å²) >= 11 is 7.03. The zero-order valence-corrected chi connectivity index (χ0v) is 9.37. The molecule has 0 amide bonds. The zero-order chi connectivity index (χ0) is 10.7. The van der Waals surface area contributed by atoms with E-state index < -0.39 is 6.10 Å². The Morgan fingerprint density at radius 2 is 2.27 bits per heavy atom. The highest BCUT2D eigenvalue weighted by Crippen LogP contribution is 2.25. The number of hydrogen-bond donors (Lipinski definition) is 1. The van der Waals surface area contributed by atoms with Gasteiger partial charge in [-0.25, -0.2) is 4.98 Å². The Balaban J connectivity index is 2.07. The van der Waals surface area contributed by atoms with Crippen LogP contribution in [0, 0.1) is 0 Å². The Morgan fingerprint density at radius 1 is 1.40 bits per heavy atom. The van der Waals surface area contributed by atoms with Gasteiger partial charge in [0, 0.05) is 18.3 Å². The fourth-order valence-electron chi connectivity index (χ4n) is 1.23. The number of hydrogen-bond acceptors (Lipinski definition) is 4. The number of thiazole rings is 1. The third-order valence-corrected chi connectivity index (χ3v) is 3.13. The molecule has 3 nitrogen and oxygen atoms in total. The molecule has 0 saturated carbocycles. The monoisotopic (exact) mass is 240 g/mol. The van der Waals surface area contributed by atoms with Crippen LogP contribution in [0.2, 0.25) is 4.34 Å². The first-order valence-corrected chi connectivity index (χ1v) is 5.64. The van der Waals surface area contributed by atoms with Gasteiger partial charge in [0.1, 0.15) is 15.4 Å². The number of nitrogens with zero attached hydrogens (tertiary/aromatic N) is 2. The molecule has 1 atom stereocenters. The van der Waals surface area contributed by atoms with Gasteiger partial charge < -0.3 is 5.11 Å². The average Bonchev–Trinajstić information content (AvgIpc) is 2.66. The highest BCUT2D eigenvalue weighted by Gasteiger charge is 2.12. The van der Waals surface area contributed by atoms with Crippen LogP contribution >= 0.6 is 22.9 Å². The van der Waals surface area contributed by atoms with Crippen molar-refractivity contribution < 1.29 is 5.11 Å². The molecule has 15 heavy (non-hydrogen) atoms. The van der Waals surface area contributed by atoms with Crippen LogP contribution < -0.4 is 0 Å². The van der Waals surface area contributed by atoms with E-state index in [9.17, 15) is 5.11 Å². The second kappa shape index (κ2) is 4.70. The molecule has 2 aromatic rings. The van der Waals surface area contributed by atoms with Crippen molar-refractivity contribution in [2.24, 2.45) is 0 Å². The van der Waals surface area contributed by atoms with Crippen molar-refractivity contribution in [2.45, 2.75) is 12.5 Å². The summed E-state index contributed by atoms with van der Waals surface area (Å²) in [6.45, 7) is 0. The summed E-state index contributed by atoms with van der Waals surface area (Å²) in [6, 6.07) is 5.61. The summed E-state index contributed by atoms with van der Waals surface area (Å²) in [6.07, 6.45) is 3.09. The molecule has 0 aliphatic carbocycles. The van der Waals surface area contributed by atoms with Crippen LogP contribution in [0.25, 0.3) is 0 Å². The van der Waals surface area contributed by atoms with Crippen molar-refractivity contribution in [3.8, 4) is 0 Å². The van der Waals surface area contributed by atoms with E-state index in [0.29, 0.717) is 15.8 Å². The van der Waals surface area contributed by atoms with Gasteiger partial charge in [0.25, 0.3) is 0 Å². The molecule has 78 valence electrons. The van der Waals surface area contributed by atoms with E-state index in [1.165, 1.54) is 11.3 Å². The molecule has 0 fully saturated rings. The molecule has 0 aromatic carbocycles. The molecule has 0 aliphatic rings. The molecule has 0 aliphatic heterocycles. The minimum absolute atomic E-state index is 0.463. The molecular formula is C10H9ClN2OS. The van der Waals surface area contributed by atoms with Crippen LogP contribution in [0.15, 0.2) is 30.6 Å². The van der Waals surface area contributed by atoms with Gasteiger partial charge in [-0.05, 0) is 12.1 Å². The summed E-state index contributed by atoms with van der Waals surface area (Å²) in [7, 11) is 0. The van der Waals surface area contributed by atoms with E-state index in [-0.39, 0.29) is 0 Å². The number of aliphatic hydroxyl groups is 1. The Morgan fingerprint density at radius 3 is 2.87 bits per heavy atom. The van der Waals surface area contributed by atoms with Crippen LogP contribution in [-0.2, 0) is 6.42 Å². The number of aromatic nitrogens is 2. The molecule has 1 N–H and O–H groups in total. The Labute approximate surface area is 96.4 Å². The van der Waals surface area contributed by atoms with Gasteiger partial charge in [0.15, 0.2) is 0 Å². The Kier molecular flexibility index (Phi) is 3.30. The molecule has 0 spiro atoms. The molecule has 2 aromatic heterocycles. The van der Waals surface area contributed by atoms with Crippen molar-refractivity contribution >= 4 is 22.9 Å². The first-order valence-electron chi connectivity index (χ1n) is 4.45. The SMILES string of the molecule is OC(Cc1ccccn1)c1ncc(Cl)s1. The summed E-state index contributed by atoms with van der Waals surface area (Å²) in [5.41, 5.74) is 0.844. The average molecular weight is 241 g/mol. The van der Waals surface area contributed by atoms with Gasteiger partial charge in [-0.2, -0.15) is 0 Å². The third kappa shape index (κ3) is 2.75. The smallest absolute Gasteiger partial charge is 0.123 e. The lowest BCUT2D eigenvalue weighted by Gasteiger charge is -2.05. The van der Waals surface area contributed by atoms with Crippen LogP contribution in [-0.4, -0.2) is 15.1 Å². The summed E-state index contributed by atoms with van der Waals surface area (Å²) in [5.74, 6) is 0. The quantitative estimate of drug-likeness (QED) is 0.897. The molecule has 0 saturated heterocycles. The van der Waals surface area contributed by atoms with Gasteiger partial charge >= 0.3 is 0 Å². The summed E-state index contributed by atoms with van der Waals surface area (Å²) in [4.78, 5) is 8.16. The molecule has 0 bridgehead atoms. The van der Waals surface area contributed by atoms with Crippen molar-refractivity contribution in [1.82, 2.24) is 9.97 Å². The molecule has 5 heteroatoms. The maximum atomic E-state index is 9.84. The van der Waals surface area contributed by atoms with Crippen molar-refractivity contribution in [2.75, 3.05) is 0 Å². The molecule has 2 rings (SSSR count). The lowest BCUT2D eigenvalue weighted by Crippen LogP contribution is -2.02. The minimum Gasteiger partial charge on any atom is -0.386 e. The van der Waals surface area contributed by atoms with Crippen LogP contribution in [0.1, 0.15) is 16.8 Å². The second-order valence-electron chi connectivity index (χ2n) is 3.04. The lowest BCUT2D eigenvalue weighted by atomic mass is 10.2. The maximum absolute atomic E-state index is 9.84. The zero-order valence-electron chi connectivity index (χ0n) is 7.80. The standard InChI is InChI=1S/C10H9ClN2OS/c11-9-6-13-10(15-9)8(14)5-7-3-1-2-4-12-7/h1-4,6,8,14H,5H2. The maximum Gasteiger partial charge on any atom is 0.123 e. The van der Waals surface area contributed by atoms with Gasteiger partial charge in [0.2, 0.25) is 0 Å². The van der Waals surface area contributed by atoms with E-state index in [2.05, 4.69) is 9.97 Å². The van der Waals surface area contributed by atoms with Crippen molar-refractivity contribution in [3.63, 3.8) is 0 Å². The first kappa shape index (κ1) is 10.5. The van der Waals surface area contributed by atoms with Crippen LogP contribution in [0.3, 0.4) is 0 Å². The van der Waals surface area contributed by atoms with E-state index in [1.54, 1.807) is 12.4 Å². The fraction of sp³-hybridized carbons (Fsp3) is 0.200. The Hall–Kier alpha value is -0.970. The molecule has 0 radical (unpaired) electrons. The number of halogens is 1. The highest BCUT2D eigenvalue weighted by molar-refractivity contribution is 7.15. The lowest BCUT2D eigenvalue weighted by molar-refractivity contribution is 0.177. The third-order valence-electron chi connectivity index (χ3n) is 1.91. The topological polar surface area (TPSA) is 46.0 Å². The van der Waals surface area contributed by atoms with Crippen molar-refractivity contribution in [1.29, 1.82) is 0 Å². The largest absolute Gasteiger partial charge is 0.386 e. The summed E-state index contributed by atoms with van der Waals surface area (Å²) < 4.78 is 0.588. The van der Waals surface area contributed by atoms with Gasteiger partial charge in [-0.15, -0.1) is 11.3 Å². The molecule has 2 heterocycles. The van der Waals surface area contributed by atoms with Gasteiger partial charge in [0.05, 0.1) is 6.20 Å². The van der Waals surface area contributed by atoms with E-state index in [1.807, 2.05) is 18.2 Å². The minimum atomic E-state index is -0.627. The fourth-order valence-corrected chi connectivity index (χ4v) is 2.14. The predicted molar refractivity (Wildman–Crippen MR) is 60.0 cm³/mol. The van der Waals surface area contributed by atoms with E-state index in [0.717, 1.165) is 5.69 Å². The summed E-state index contributed by atoms with van der Waals surface area (Å²) in [5, 5.41) is 10.5. The molecule has 1 unspecified atom stereocenters.